The maximum absolute atomic E-state index is 12.4. The summed E-state index contributed by atoms with van der Waals surface area (Å²) in [5.74, 6) is 0.250. The van der Waals surface area contributed by atoms with Crippen molar-refractivity contribution in [2.75, 3.05) is 0 Å². The van der Waals surface area contributed by atoms with Crippen molar-refractivity contribution in [2.45, 2.75) is 63.5 Å². The zero-order chi connectivity index (χ0) is 14.9. The minimum atomic E-state index is -0.889. The van der Waals surface area contributed by atoms with Crippen LogP contribution in [0.25, 0.3) is 0 Å². The van der Waals surface area contributed by atoms with Crippen LogP contribution in [0.1, 0.15) is 61.3 Å². The molecule has 0 aromatic carbocycles. The molecule has 1 fully saturated rings. The van der Waals surface area contributed by atoms with E-state index in [1.165, 1.54) is 0 Å². The van der Waals surface area contributed by atoms with Crippen LogP contribution in [0.3, 0.4) is 0 Å². The van der Waals surface area contributed by atoms with Gasteiger partial charge in [-0.3, -0.25) is 9.59 Å². The molecular formula is C15H22N4O2. The van der Waals surface area contributed by atoms with Gasteiger partial charge in [0, 0.05) is 19.2 Å². The predicted octanol–water partition coefficient (Wildman–Crippen LogP) is 1.14. The van der Waals surface area contributed by atoms with Crippen molar-refractivity contribution in [1.29, 1.82) is 0 Å². The van der Waals surface area contributed by atoms with E-state index >= 15 is 0 Å². The van der Waals surface area contributed by atoms with Gasteiger partial charge in [-0.2, -0.15) is 0 Å². The first-order chi connectivity index (χ1) is 10.1. The van der Waals surface area contributed by atoms with Gasteiger partial charge in [-0.1, -0.05) is 19.3 Å². The lowest BCUT2D eigenvalue weighted by Gasteiger charge is -2.34. The van der Waals surface area contributed by atoms with Gasteiger partial charge < -0.3 is 15.6 Å². The monoisotopic (exact) mass is 290 g/mol. The van der Waals surface area contributed by atoms with Gasteiger partial charge in [-0.25, -0.2) is 4.98 Å². The number of imidazole rings is 1. The molecule has 6 heteroatoms. The molecule has 114 valence electrons. The third-order valence-corrected chi connectivity index (χ3v) is 4.67. The number of nitrogens with one attached hydrogen (secondary N) is 1. The highest BCUT2D eigenvalue weighted by molar-refractivity contribution is 5.97. The lowest BCUT2D eigenvalue weighted by atomic mass is 9.81. The number of aryl methyl sites for hydroxylation is 2. The average Bonchev–Trinajstić information content (AvgIpc) is 2.92. The summed E-state index contributed by atoms with van der Waals surface area (Å²) >= 11 is 0. The number of aromatic nitrogens is 2. The summed E-state index contributed by atoms with van der Waals surface area (Å²) < 4.78 is 2.04. The van der Waals surface area contributed by atoms with Crippen LogP contribution in [-0.4, -0.2) is 26.9 Å². The molecule has 0 radical (unpaired) electrons. The third kappa shape index (κ3) is 2.66. The van der Waals surface area contributed by atoms with E-state index in [1.54, 1.807) is 6.20 Å². The molecule has 6 nitrogen and oxygen atoms in total. The Morgan fingerprint density at radius 1 is 1.19 bits per heavy atom. The Labute approximate surface area is 124 Å². The number of primary amides is 1. The van der Waals surface area contributed by atoms with Crippen LogP contribution in [-0.2, 0) is 17.8 Å². The molecular weight excluding hydrogens is 268 g/mol. The fourth-order valence-electron chi connectivity index (χ4n) is 3.39. The molecule has 0 saturated heterocycles. The van der Waals surface area contributed by atoms with E-state index in [9.17, 15) is 9.59 Å². The standard InChI is InChI=1S/C15H22N4O2/c16-14(21)15(7-3-1-4-8-15)18-13(20)11-10-19-9-5-2-6-12(19)17-11/h10H,1-9H2,(H2,16,21)(H,18,20). The van der Waals surface area contributed by atoms with E-state index in [0.29, 0.717) is 18.5 Å². The van der Waals surface area contributed by atoms with E-state index in [2.05, 4.69) is 10.3 Å². The van der Waals surface area contributed by atoms with Gasteiger partial charge in [-0.05, 0) is 25.7 Å². The van der Waals surface area contributed by atoms with Crippen LogP contribution in [0, 0.1) is 0 Å². The molecule has 0 spiro atoms. The van der Waals surface area contributed by atoms with Crippen LogP contribution in [0.4, 0.5) is 0 Å². The average molecular weight is 290 g/mol. The summed E-state index contributed by atoms with van der Waals surface area (Å²) in [5.41, 5.74) is 5.06. The number of amides is 2. The smallest absolute Gasteiger partial charge is 0.272 e. The van der Waals surface area contributed by atoms with Crippen molar-refractivity contribution in [3.8, 4) is 0 Å². The summed E-state index contributed by atoms with van der Waals surface area (Å²) in [6.07, 6.45) is 9.12. The number of hydrogen-bond acceptors (Lipinski definition) is 3. The molecule has 1 aromatic heterocycles. The summed E-state index contributed by atoms with van der Waals surface area (Å²) in [6.45, 7) is 0.913. The zero-order valence-corrected chi connectivity index (χ0v) is 12.2. The first-order valence-corrected chi connectivity index (χ1v) is 7.79. The molecule has 1 aromatic rings. The zero-order valence-electron chi connectivity index (χ0n) is 12.2. The van der Waals surface area contributed by atoms with Crippen molar-refractivity contribution in [3.63, 3.8) is 0 Å². The number of nitrogens with zero attached hydrogens (tertiary/aromatic N) is 2. The highest BCUT2D eigenvalue weighted by atomic mass is 16.2. The number of fused-ring (bicyclic) bond motifs is 1. The summed E-state index contributed by atoms with van der Waals surface area (Å²) in [5, 5.41) is 2.87. The fraction of sp³-hybridized carbons (Fsp3) is 0.667. The maximum Gasteiger partial charge on any atom is 0.272 e. The molecule has 0 atom stereocenters. The SMILES string of the molecule is NC(=O)C1(NC(=O)c2cn3c(n2)CCCC3)CCCCC1. The summed E-state index contributed by atoms with van der Waals surface area (Å²) in [6, 6.07) is 0. The Morgan fingerprint density at radius 2 is 1.95 bits per heavy atom. The second kappa shape index (κ2) is 5.50. The quantitative estimate of drug-likeness (QED) is 0.874. The molecule has 3 rings (SSSR count). The van der Waals surface area contributed by atoms with Crippen LogP contribution in [0.5, 0.6) is 0 Å². The topological polar surface area (TPSA) is 90.0 Å². The highest BCUT2D eigenvalue weighted by Gasteiger charge is 2.39. The van der Waals surface area contributed by atoms with E-state index in [-0.39, 0.29) is 5.91 Å². The normalized spacial score (nSPS) is 20.6. The molecule has 1 aliphatic carbocycles. The van der Waals surface area contributed by atoms with Crippen molar-refractivity contribution in [1.82, 2.24) is 14.9 Å². The van der Waals surface area contributed by atoms with E-state index < -0.39 is 11.4 Å². The molecule has 21 heavy (non-hydrogen) atoms. The van der Waals surface area contributed by atoms with Gasteiger partial charge in [0.25, 0.3) is 5.91 Å². The van der Waals surface area contributed by atoms with Crippen LogP contribution >= 0.6 is 0 Å². The number of carbonyl (C=O) groups is 2. The molecule has 1 aliphatic heterocycles. The first kappa shape index (κ1) is 14.1. The number of nitrogens with two attached hydrogens (primary N) is 1. The van der Waals surface area contributed by atoms with Crippen molar-refractivity contribution >= 4 is 11.8 Å². The molecule has 0 unspecified atom stereocenters. The largest absolute Gasteiger partial charge is 0.368 e. The van der Waals surface area contributed by atoms with Gasteiger partial charge in [0.2, 0.25) is 5.91 Å². The summed E-state index contributed by atoms with van der Waals surface area (Å²) in [4.78, 5) is 28.7. The highest BCUT2D eigenvalue weighted by Crippen LogP contribution is 2.28. The van der Waals surface area contributed by atoms with Crippen LogP contribution in [0.2, 0.25) is 0 Å². The van der Waals surface area contributed by atoms with Gasteiger partial charge in [0.05, 0.1) is 0 Å². The Balaban J connectivity index is 1.78. The molecule has 0 bridgehead atoms. The first-order valence-electron chi connectivity index (χ1n) is 7.79. The second-order valence-electron chi connectivity index (χ2n) is 6.15. The third-order valence-electron chi connectivity index (χ3n) is 4.67. The number of hydrogen-bond donors (Lipinski definition) is 2. The number of rotatable bonds is 3. The minimum Gasteiger partial charge on any atom is -0.368 e. The second-order valence-corrected chi connectivity index (χ2v) is 6.15. The van der Waals surface area contributed by atoms with E-state index in [4.69, 9.17) is 5.73 Å². The van der Waals surface area contributed by atoms with Crippen molar-refractivity contribution < 1.29 is 9.59 Å². The predicted molar refractivity (Wildman–Crippen MR) is 77.6 cm³/mol. The van der Waals surface area contributed by atoms with Gasteiger partial charge in [0.15, 0.2) is 0 Å². The van der Waals surface area contributed by atoms with Crippen molar-refractivity contribution in [2.24, 2.45) is 5.73 Å². The lowest BCUT2D eigenvalue weighted by Crippen LogP contribution is -2.58. The maximum atomic E-state index is 12.4. The Hall–Kier alpha value is -1.85. The summed E-state index contributed by atoms with van der Waals surface area (Å²) in [7, 11) is 0. The minimum absolute atomic E-state index is 0.280. The fourth-order valence-corrected chi connectivity index (χ4v) is 3.39. The lowest BCUT2D eigenvalue weighted by molar-refractivity contribution is -0.125. The van der Waals surface area contributed by atoms with Gasteiger partial charge in [0.1, 0.15) is 17.1 Å². The molecule has 2 heterocycles. The van der Waals surface area contributed by atoms with Gasteiger partial charge >= 0.3 is 0 Å². The van der Waals surface area contributed by atoms with Crippen molar-refractivity contribution in [3.05, 3.63) is 17.7 Å². The van der Waals surface area contributed by atoms with E-state index in [1.807, 2.05) is 4.57 Å². The Bertz CT molecular complexity index is 535. The van der Waals surface area contributed by atoms with Crippen LogP contribution < -0.4 is 11.1 Å². The molecule has 3 N–H and O–H groups in total. The Kier molecular flexibility index (Phi) is 3.69. The number of carbonyl (C=O) groups excluding carboxylic acids is 2. The van der Waals surface area contributed by atoms with Gasteiger partial charge in [-0.15, -0.1) is 0 Å². The molecule has 1 saturated carbocycles. The molecule has 2 amide bonds. The van der Waals surface area contributed by atoms with Crippen LogP contribution in [0.15, 0.2) is 6.20 Å². The Morgan fingerprint density at radius 3 is 2.62 bits per heavy atom. The molecule has 2 aliphatic rings. The van der Waals surface area contributed by atoms with E-state index in [0.717, 1.165) is 50.9 Å².